The molecule has 368 valence electrons. The number of halogens is 5. The van der Waals surface area contributed by atoms with E-state index in [0.717, 1.165) is 9.13 Å². The predicted molar refractivity (Wildman–Crippen MR) is 247 cm³/mol. The lowest BCUT2D eigenvalue weighted by molar-refractivity contribution is -0.116. The van der Waals surface area contributed by atoms with Crippen LogP contribution in [0.15, 0.2) is 79.8 Å². The quantitative estimate of drug-likeness (QED) is 0.149. The highest BCUT2D eigenvalue weighted by Gasteiger charge is 2.46. The zero-order chi connectivity index (χ0) is 50.9. The van der Waals surface area contributed by atoms with Gasteiger partial charge in [0.15, 0.2) is 22.8 Å². The number of aromatic nitrogens is 14. The molecule has 7 aromatic heterocycles. The summed E-state index contributed by atoms with van der Waals surface area (Å²) in [6.45, 7) is -1.88. The summed E-state index contributed by atoms with van der Waals surface area (Å²) in [7, 11) is 5.92. The van der Waals surface area contributed by atoms with Crippen LogP contribution in [0.4, 0.5) is 46.9 Å². The minimum Gasteiger partial charge on any atom is -0.329 e. The van der Waals surface area contributed by atoms with E-state index in [1.54, 1.807) is 13.3 Å². The SMILES string of the molecule is Cn1c(=O)c2c(ncn2CC(=O)Nc2ccnc(-c3cnc(N4CC(F)(F)C4)nc3)n2)n(C)c1=O.Cn1c2c(c(=O)n(C)c1=O)CC=N2.O=C(CCl)Nc1ccnc(-c2cnc(N3CC(F)(F)C3)nc2)n1. The summed E-state index contributed by atoms with van der Waals surface area (Å²) in [5.74, 6) is -4.56. The molecule has 0 aromatic carbocycles. The Morgan fingerprint density at radius 1 is 0.648 bits per heavy atom. The van der Waals surface area contributed by atoms with Crippen LogP contribution < -0.4 is 42.9 Å². The molecule has 3 aliphatic heterocycles. The summed E-state index contributed by atoms with van der Waals surface area (Å²) in [5.41, 5.74) is 0.160. The normalized spacial score (nSPS) is 14.8. The first-order valence-corrected chi connectivity index (χ1v) is 21.4. The van der Waals surface area contributed by atoms with Crippen molar-refractivity contribution in [3.63, 3.8) is 0 Å². The van der Waals surface area contributed by atoms with Gasteiger partial charge in [-0.2, -0.15) is 0 Å². The first-order valence-electron chi connectivity index (χ1n) is 20.9. The van der Waals surface area contributed by atoms with Crippen LogP contribution in [-0.2, 0) is 50.7 Å². The Labute approximate surface area is 400 Å². The van der Waals surface area contributed by atoms with Gasteiger partial charge in [0.1, 0.15) is 29.9 Å². The van der Waals surface area contributed by atoms with E-state index in [-0.39, 0.29) is 77.4 Å². The molecule has 7 aromatic rings. The monoisotopic (exact) mass is 1000 g/mol. The van der Waals surface area contributed by atoms with Gasteiger partial charge in [0, 0.05) is 78.0 Å². The Kier molecular flexibility index (Phi) is 13.3. The molecule has 2 saturated heterocycles. The Balaban J connectivity index is 0.000000160. The van der Waals surface area contributed by atoms with Crippen LogP contribution in [0.3, 0.4) is 0 Å². The number of amides is 2. The Morgan fingerprint density at radius 2 is 1.13 bits per heavy atom. The van der Waals surface area contributed by atoms with E-state index < -0.39 is 42.1 Å². The van der Waals surface area contributed by atoms with Crippen molar-refractivity contribution in [2.24, 2.45) is 33.2 Å². The summed E-state index contributed by atoms with van der Waals surface area (Å²) in [6.07, 6.45) is 12.1. The van der Waals surface area contributed by atoms with Gasteiger partial charge in [-0.1, -0.05) is 0 Å². The Bertz CT molecular complexity index is 3470. The lowest BCUT2D eigenvalue weighted by atomic mass is 10.2. The number of aliphatic imine (C=N–C) groups is 1. The van der Waals surface area contributed by atoms with E-state index >= 15 is 0 Å². The largest absolute Gasteiger partial charge is 0.332 e. The molecule has 71 heavy (non-hydrogen) atoms. The molecule has 0 unspecified atom stereocenters. The van der Waals surface area contributed by atoms with Gasteiger partial charge in [0.05, 0.1) is 49.2 Å². The van der Waals surface area contributed by atoms with Crippen LogP contribution in [0.1, 0.15) is 5.56 Å². The van der Waals surface area contributed by atoms with Crippen LogP contribution in [-0.4, -0.2) is 130 Å². The van der Waals surface area contributed by atoms with Crippen molar-refractivity contribution in [3.8, 4) is 22.8 Å². The number of nitrogens with one attached hydrogen (secondary N) is 2. The maximum atomic E-state index is 13.0. The van der Waals surface area contributed by atoms with Crippen molar-refractivity contribution in [2.45, 2.75) is 24.8 Å². The second kappa shape index (κ2) is 19.4. The number of hydrogen-bond donors (Lipinski definition) is 2. The molecular formula is C41H38ClF4N19O6. The Hall–Kier alpha value is -8.63. The third-order valence-corrected chi connectivity index (χ3v) is 11.0. The lowest BCUT2D eigenvalue weighted by Gasteiger charge is -2.38. The zero-order valence-electron chi connectivity index (χ0n) is 37.7. The molecular weight excluding hydrogens is 966 g/mol. The van der Waals surface area contributed by atoms with E-state index in [2.05, 4.69) is 60.5 Å². The molecule has 0 bridgehead atoms. The highest BCUT2D eigenvalue weighted by atomic mass is 35.5. The van der Waals surface area contributed by atoms with Gasteiger partial charge in [0.25, 0.3) is 23.0 Å². The minimum atomic E-state index is -2.73. The molecule has 10 rings (SSSR count). The highest BCUT2D eigenvalue weighted by molar-refractivity contribution is 6.29. The van der Waals surface area contributed by atoms with Crippen molar-refractivity contribution in [2.75, 3.05) is 52.5 Å². The number of anilines is 4. The van der Waals surface area contributed by atoms with Crippen LogP contribution in [0.2, 0.25) is 0 Å². The van der Waals surface area contributed by atoms with Crippen molar-refractivity contribution in [1.29, 1.82) is 0 Å². The molecule has 30 heteroatoms. The number of imidazole rings is 1. The second-order valence-electron chi connectivity index (χ2n) is 16.0. The first kappa shape index (κ1) is 48.8. The zero-order valence-corrected chi connectivity index (χ0v) is 38.4. The van der Waals surface area contributed by atoms with Gasteiger partial charge in [-0.05, 0) is 12.1 Å². The van der Waals surface area contributed by atoms with Gasteiger partial charge < -0.3 is 25.0 Å². The summed E-state index contributed by atoms with van der Waals surface area (Å²) in [5, 5.41) is 5.13. The second-order valence-corrected chi connectivity index (χ2v) is 16.3. The minimum absolute atomic E-state index is 0.116. The molecule has 3 aliphatic rings. The number of fused-ring (bicyclic) bond motifs is 2. The lowest BCUT2D eigenvalue weighted by Crippen LogP contribution is -2.57. The van der Waals surface area contributed by atoms with Crippen LogP contribution in [0.5, 0.6) is 0 Å². The summed E-state index contributed by atoms with van der Waals surface area (Å²) in [6, 6.07) is 3.00. The number of nitrogens with zero attached hydrogens (tertiary/aromatic N) is 17. The van der Waals surface area contributed by atoms with Gasteiger partial charge in [-0.3, -0.25) is 37.4 Å². The fraction of sp³-hybridized carbons (Fsp3) is 0.317. The third kappa shape index (κ3) is 10.4. The number of carbonyl (C=O) groups excluding carboxylic acids is 2. The first-order chi connectivity index (χ1) is 33.7. The van der Waals surface area contributed by atoms with E-state index in [1.807, 2.05) is 0 Å². The molecule has 10 heterocycles. The molecule has 0 radical (unpaired) electrons. The molecule has 2 fully saturated rings. The topological polar surface area (TPSA) is 286 Å². The third-order valence-electron chi connectivity index (χ3n) is 10.8. The Morgan fingerprint density at radius 3 is 1.62 bits per heavy atom. The van der Waals surface area contributed by atoms with Gasteiger partial charge in [-0.15, -0.1) is 11.6 Å². The number of aryl methyl sites for hydroxylation is 1. The van der Waals surface area contributed by atoms with E-state index in [0.29, 0.717) is 40.6 Å². The summed E-state index contributed by atoms with van der Waals surface area (Å²) >= 11 is 5.41. The highest BCUT2D eigenvalue weighted by Crippen LogP contribution is 2.31. The molecule has 25 nitrogen and oxygen atoms in total. The molecule has 0 atom stereocenters. The maximum absolute atomic E-state index is 13.0. The van der Waals surface area contributed by atoms with Gasteiger partial charge in [-0.25, -0.2) is 77.0 Å². The fourth-order valence-corrected chi connectivity index (χ4v) is 7.21. The predicted octanol–water partition coefficient (Wildman–Crippen LogP) is 0.683. The maximum Gasteiger partial charge on any atom is 0.332 e. The molecule has 2 amide bonds. The number of rotatable bonds is 9. The van der Waals surface area contributed by atoms with Crippen molar-refractivity contribution >= 4 is 70.1 Å². The smallest absolute Gasteiger partial charge is 0.329 e. The average Bonchev–Trinajstić information content (AvgIpc) is 4.01. The number of hydrogen-bond acceptors (Lipinski definition) is 18. The van der Waals surface area contributed by atoms with Crippen molar-refractivity contribution in [3.05, 3.63) is 103 Å². The van der Waals surface area contributed by atoms with Crippen LogP contribution >= 0.6 is 11.6 Å². The van der Waals surface area contributed by atoms with Gasteiger partial charge in [0.2, 0.25) is 23.7 Å². The summed E-state index contributed by atoms with van der Waals surface area (Å²) in [4.78, 5) is 115. The average molecular weight is 1000 g/mol. The molecule has 0 spiro atoms. The van der Waals surface area contributed by atoms with E-state index in [4.69, 9.17) is 11.6 Å². The standard InChI is InChI=1S/C20H18F2N10O3.C13H11ClF2N6O.C8H9N3O2/c1-29-16-14(17(34)30(2)19(29)35)31(10-26-16)7-13(33)27-12-3-4-23-15(28-12)11-5-24-18(25-6-11)32-8-20(21,22)9-32;14-3-10(23)20-9-1-2-17-11(21-9)8-4-18-12(19-5-8)22-6-13(15,16)7-22;1-10-6-5(3-4-9-6)7(12)11(2)8(10)13/h3-6,10H,7-9H2,1-2H3,(H,23,27,28,33);1-2,4-5H,3,6-7H2,(H,17,20,21,23);4H,3H2,1-2H3. The fourth-order valence-electron chi connectivity index (χ4n) is 7.14. The number of alkyl halides is 5. The number of carbonyl (C=O) groups is 2. The van der Waals surface area contributed by atoms with Crippen molar-refractivity contribution < 1.29 is 27.2 Å². The molecule has 2 N–H and O–H groups in total. The van der Waals surface area contributed by atoms with Crippen molar-refractivity contribution in [1.82, 2.24) is 67.7 Å². The van der Waals surface area contributed by atoms with Crippen LogP contribution in [0, 0.1) is 0 Å². The molecule has 0 aliphatic carbocycles. The van der Waals surface area contributed by atoms with Gasteiger partial charge >= 0.3 is 11.4 Å². The van der Waals surface area contributed by atoms with E-state index in [1.165, 1.54) is 100 Å². The summed E-state index contributed by atoms with van der Waals surface area (Å²) < 4.78 is 57.8. The van der Waals surface area contributed by atoms with E-state index in [9.17, 15) is 46.3 Å². The van der Waals surface area contributed by atoms with Crippen LogP contribution in [0.25, 0.3) is 33.9 Å². The molecule has 0 saturated carbocycles.